The Bertz CT molecular complexity index is 470. The van der Waals surface area contributed by atoms with Gasteiger partial charge >= 0.3 is 0 Å². The normalized spacial score (nSPS) is 16.3. The molecule has 1 aliphatic rings. The molecule has 0 saturated carbocycles. The van der Waals surface area contributed by atoms with Crippen LogP contribution in [0.25, 0.3) is 0 Å². The van der Waals surface area contributed by atoms with Crippen molar-refractivity contribution in [2.24, 2.45) is 0 Å². The zero-order valence-corrected chi connectivity index (χ0v) is 12.5. The van der Waals surface area contributed by atoms with Crippen molar-refractivity contribution in [1.82, 2.24) is 15.5 Å². The zero-order valence-electron chi connectivity index (χ0n) is 12.5. The first kappa shape index (κ1) is 15.5. The summed E-state index contributed by atoms with van der Waals surface area (Å²) < 4.78 is 0. The van der Waals surface area contributed by atoms with Gasteiger partial charge in [0.05, 0.1) is 6.54 Å². The number of carbonyl (C=O) groups is 2. The van der Waals surface area contributed by atoms with Gasteiger partial charge in [-0.3, -0.25) is 14.9 Å². The Labute approximate surface area is 125 Å². The second-order valence-electron chi connectivity index (χ2n) is 5.28. The summed E-state index contributed by atoms with van der Waals surface area (Å²) in [5.74, 6) is -0.0628. The monoisotopic (exact) mass is 289 g/mol. The molecule has 0 spiro atoms. The summed E-state index contributed by atoms with van der Waals surface area (Å²) in [6.45, 7) is 1.75. The Morgan fingerprint density at radius 2 is 1.81 bits per heavy atom. The van der Waals surface area contributed by atoms with Gasteiger partial charge in [-0.15, -0.1) is 0 Å². The largest absolute Gasteiger partial charge is 0.358 e. The van der Waals surface area contributed by atoms with Gasteiger partial charge in [-0.1, -0.05) is 30.3 Å². The van der Waals surface area contributed by atoms with Crippen LogP contribution in [0.4, 0.5) is 0 Å². The molecule has 1 aliphatic heterocycles. The Morgan fingerprint density at radius 3 is 2.43 bits per heavy atom. The Hall–Kier alpha value is -1.88. The van der Waals surface area contributed by atoms with Gasteiger partial charge in [0.15, 0.2) is 0 Å². The SMILES string of the molecule is CNC(=O)CN[C@@H](C(=O)N1CCCCC1)c1ccccc1. The summed E-state index contributed by atoms with van der Waals surface area (Å²) >= 11 is 0. The van der Waals surface area contributed by atoms with Gasteiger partial charge in [-0.05, 0) is 24.8 Å². The average molecular weight is 289 g/mol. The molecule has 1 atom stereocenters. The molecule has 0 aliphatic carbocycles. The Morgan fingerprint density at radius 1 is 1.14 bits per heavy atom. The standard InChI is InChI=1S/C16H23N3O2/c1-17-14(20)12-18-15(13-8-4-2-5-9-13)16(21)19-10-6-3-7-11-19/h2,4-5,8-9,15,18H,3,6-7,10-12H2,1H3,(H,17,20)/t15-/m1/s1. The highest BCUT2D eigenvalue weighted by Crippen LogP contribution is 2.18. The maximum absolute atomic E-state index is 12.7. The van der Waals surface area contributed by atoms with E-state index in [-0.39, 0.29) is 18.4 Å². The first-order chi connectivity index (χ1) is 10.2. The molecular weight excluding hydrogens is 266 g/mol. The Balaban J connectivity index is 2.10. The molecule has 114 valence electrons. The highest BCUT2D eigenvalue weighted by Gasteiger charge is 2.26. The van der Waals surface area contributed by atoms with Crippen molar-refractivity contribution in [1.29, 1.82) is 0 Å². The first-order valence-electron chi connectivity index (χ1n) is 7.50. The molecule has 0 aromatic heterocycles. The maximum Gasteiger partial charge on any atom is 0.244 e. The van der Waals surface area contributed by atoms with Crippen molar-refractivity contribution < 1.29 is 9.59 Å². The molecule has 2 rings (SSSR count). The van der Waals surface area contributed by atoms with Crippen LogP contribution in [0.1, 0.15) is 30.9 Å². The third-order valence-electron chi connectivity index (χ3n) is 3.79. The predicted molar refractivity (Wildman–Crippen MR) is 81.7 cm³/mol. The number of hydrogen-bond acceptors (Lipinski definition) is 3. The van der Waals surface area contributed by atoms with E-state index in [1.807, 2.05) is 35.2 Å². The zero-order chi connectivity index (χ0) is 15.1. The van der Waals surface area contributed by atoms with Gasteiger partial charge in [-0.25, -0.2) is 0 Å². The third-order valence-corrected chi connectivity index (χ3v) is 3.79. The van der Waals surface area contributed by atoms with E-state index in [0.717, 1.165) is 31.5 Å². The van der Waals surface area contributed by atoms with Crippen LogP contribution in [-0.2, 0) is 9.59 Å². The quantitative estimate of drug-likeness (QED) is 0.852. The molecule has 5 heteroatoms. The molecular formula is C16H23N3O2. The van der Waals surface area contributed by atoms with Crippen LogP contribution in [-0.4, -0.2) is 43.4 Å². The molecule has 2 amide bonds. The molecule has 1 saturated heterocycles. The van der Waals surface area contributed by atoms with Crippen molar-refractivity contribution >= 4 is 11.8 Å². The summed E-state index contributed by atoms with van der Waals surface area (Å²) in [4.78, 5) is 26.1. The first-order valence-corrected chi connectivity index (χ1v) is 7.50. The lowest BCUT2D eigenvalue weighted by Crippen LogP contribution is -2.45. The van der Waals surface area contributed by atoms with Crippen LogP contribution in [0.15, 0.2) is 30.3 Å². The summed E-state index contributed by atoms with van der Waals surface area (Å²) in [6, 6.07) is 9.12. The van der Waals surface area contributed by atoms with Gasteiger partial charge in [-0.2, -0.15) is 0 Å². The van der Waals surface area contributed by atoms with Crippen molar-refractivity contribution in [3.8, 4) is 0 Å². The number of nitrogens with one attached hydrogen (secondary N) is 2. The lowest BCUT2D eigenvalue weighted by Gasteiger charge is -2.31. The minimum Gasteiger partial charge on any atom is -0.358 e. The van der Waals surface area contributed by atoms with E-state index in [2.05, 4.69) is 10.6 Å². The minimum atomic E-state index is -0.457. The minimum absolute atomic E-state index is 0.0600. The van der Waals surface area contributed by atoms with Gasteiger partial charge in [0.2, 0.25) is 11.8 Å². The fourth-order valence-corrected chi connectivity index (χ4v) is 2.57. The van der Waals surface area contributed by atoms with Crippen molar-refractivity contribution in [2.45, 2.75) is 25.3 Å². The molecule has 21 heavy (non-hydrogen) atoms. The Kier molecular flexibility index (Phi) is 5.75. The fourth-order valence-electron chi connectivity index (χ4n) is 2.57. The summed E-state index contributed by atoms with van der Waals surface area (Å²) in [5, 5.41) is 5.64. The summed E-state index contributed by atoms with van der Waals surface area (Å²) in [6.07, 6.45) is 3.30. The number of rotatable bonds is 5. The summed E-state index contributed by atoms with van der Waals surface area (Å²) in [7, 11) is 1.59. The molecule has 0 bridgehead atoms. The number of amides is 2. The average Bonchev–Trinajstić information content (AvgIpc) is 2.56. The van der Waals surface area contributed by atoms with E-state index in [4.69, 9.17) is 0 Å². The topological polar surface area (TPSA) is 61.4 Å². The number of benzene rings is 1. The van der Waals surface area contributed by atoms with Crippen molar-refractivity contribution in [2.75, 3.05) is 26.7 Å². The van der Waals surface area contributed by atoms with Gasteiger partial charge in [0.25, 0.3) is 0 Å². The van der Waals surface area contributed by atoms with E-state index < -0.39 is 6.04 Å². The predicted octanol–water partition coefficient (Wildman–Crippen LogP) is 1.08. The lowest BCUT2D eigenvalue weighted by atomic mass is 10.0. The van der Waals surface area contributed by atoms with E-state index in [1.54, 1.807) is 7.05 Å². The molecule has 1 aromatic carbocycles. The van der Waals surface area contributed by atoms with Crippen LogP contribution >= 0.6 is 0 Å². The van der Waals surface area contributed by atoms with Crippen LogP contribution in [0.2, 0.25) is 0 Å². The van der Waals surface area contributed by atoms with Crippen molar-refractivity contribution in [3.05, 3.63) is 35.9 Å². The van der Waals surface area contributed by atoms with Crippen LogP contribution in [0.5, 0.6) is 0 Å². The van der Waals surface area contributed by atoms with E-state index in [0.29, 0.717) is 0 Å². The molecule has 2 N–H and O–H groups in total. The van der Waals surface area contributed by atoms with Crippen LogP contribution in [0, 0.1) is 0 Å². The second kappa shape index (κ2) is 7.78. The van der Waals surface area contributed by atoms with Gasteiger partial charge < -0.3 is 10.2 Å². The number of piperidine rings is 1. The molecule has 0 radical (unpaired) electrons. The number of hydrogen-bond donors (Lipinski definition) is 2. The van der Waals surface area contributed by atoms with E-state index >= 15 is 0 Å². The third kappa shape index (κ3) is 4.29. The lowest BCUT2D eigenvalue weighted by molar-refractivity contribution is -0.134. The van der Waals surface area contributed by atoms with Gasteiger partial charge in [0, 0.05) is 20.1 Å². The van der Waals surface area contributed by atoms with Crippen LogP contribution in [0.3, 0.4) is 0 Å². The molecule has 1 heterocycles. The number of nitrogens with zero attached hydrogens (tertiary/aromatic N) is 1. The highest BCUT2D eigenvalue weighted by atomic mass is 16.2. The smallest absolute Gasteiger partial charge is 0.244 e. The van der Waals surface area contributed by atoms with Crippen LogP contribution < -0.4 is 10.6 Å². The highest BCUT2D eigenvalue weighted by molar-refractivity contribution is 5.85. The number of likely N-dealkylation sites (N-methyl/N-ethyl adjacent to an activating group) is 1. The van der Waals surface area contributed by atoms with Gasteiger partial charge in [0.1, 0.15) is 6.04 Å². The number of carbonyl (C=O) groups excluding carboxylic acids is 2. The number of likely N-dealkylation sites (tertiary alicyclic amines) is 1. The molecule has 1 fully saturated rings. The van der Waals surface area contributed by atoms with Crippen molar-refractivity contribution in [3.63, 3.8) is 0 Å². The maximum atomic E-state index is 12.7. The fraction of sp³-hybridized carbons (Fsp3) is 0.500. The molecule has 1 aromatic rings. The molecule has 5 nitrogen and oxygen atoms in total. The summed E-state index contributed by atoms with van der Waals surface area (Å²) in [5.41, 5.74) is 0.900. The van der Waals surface area contributed by atoms with E-state index in [9.17, 15) is 9.59 Å². The van der Waals surface area contributed by atoms with E-state index in [1.165, 1.54) is 6.42 Å². The molecule has 0 unspecified atom stereocenters. The second-order valence-corrected chi connectivity index (χ2v) is 5.28.